The highest BCUT2D eigenvalue weighted by molar-refractivity contribution is 6.13. The molecule has 3 aromatic carbocycles. The van der Waals surface area contributed by atoms with E-state index in [-0.39, 0.29) is 0 Å². The Bertz CT molecular complexity index is 1520. The highest BCUT2D eigenvalue weighted by atomic mass is 16.3. The molecule has 0 aliphatic heterocycles. The first-order valence-corrected chi connectivity index (χ1v) is 10.4. The van der Waals surface area contributed by atoms with E-state index >= 15 is 0 Å². The Morgan fingerprint density at radius 1 is 0.774 bits per heavy atom. The maximum atomic E-state index is 9.79. The van der Waals surface area contributed by atoms with Crippen LogP contribution in [0.25, 0.3) is 44.3 Å². The van der Waals surface area contributed by atoms with E-state index in [2.05, 4.69) is 62.9 Å². The van der Waals surface area contributed by atoms with Crippen LogP contribution in [-0.2, 0) is 7.05 Å². The second-order valence-corrected chi connectivity index (χ2v) is 8.21. The number of fused-ring (bicyclic) bond motifs is 3. The summed E-state index contributed by atoms with van der Waals surface area (Å²) in [5, 5.41) is 11.9. The molecule has 3 heteroatoms. The van der Waals surface area contributed by atoms with E-state index in [1.54, 1.807) is 0 Å². The van der Waals surface area contributed by atoms with E-state index in [0.29, 0.717) is 5.56 Å². The molecule has 0 radical (unpaired) electrons. The average molecular weight is 404 g/mol. The van der Waals surface area contributed by atoms with Gasteiger partial charge in [-0.2, -0.15) is 5.26 Å². The topological polar surface area (TPSA) is 40.8 Å². The number of benzene rings is 3. The highest BCUT2D eigenvalue weighted by Gasteiger charge is 2.23. The first-order chi connectivity index (χ1) is 15.0. The molecule has 5 aromatic rings. The molecule has 5 rings (SSSR count). The second kappa shape index (κ2) is 7.11. The molecule has 0 amide bonds. The van der Waals surface area contributed by atoms with Gasteiger partial charge < -0.3 is 4.42 Å². The lowest BCUT2D eigenvalue weighted by Gasteiger charge is -2.07. The zero-order valence-corrected chi connectivity index (χ0v) is 18.2. The summed E-state index contributed by atoms with van der Waals surface area (Å²) in [5.74, 6) is 0. The molecule has 0 bridgehead atoms. The minimum absolute atomic E-state index is 0.618. The molecule has 2 aromatic heterocycles. The van der Waals surface area contributed by atoms with Crippen LogP contribution < -0.4 is 4.57 Å². The van der Waals surface area contributed by atoms with Crippen molar-refractivity contribution >= 4 is 21.9 Å². The van der Waals surface area contributed by atoms with E-state index in [1.807, 2.05) is 42.5 Å². The number of nitrogens with zero attached hydrogens (tertiary/aromatic N) is 2. The van der Waals surface area contributed by atoms with E-state index in [1.165, 1.54) is 11.1 Å². The Morgan fingerprint density at radius 3 is 2.16 bits per heavy atom. The zero-order chi connectivity index (χ0) is 21.7. The van der Waals surface area contributed by atoms with Gasteiger partial charge in [0.15, 0.2) is 6.20 Å². The maximum Gasteiger partial charge on any atom is 0.216 e. The van der Waals surface area contributed by atoms with Crippen LogP contribution in [0.3, 0.4) is 0 Å². The van der Waals surface area contributed by atoms with Gasteiger partial charge in [0.05, 0.1) is 17.2 Å². The van der Waals surface area contributed by atoms with Crippen molar-refractivity contribution in [2.24, 2.45) is 7.05 Å². The number of rotatable bonds is 2. The smallest absolute Gasteiger partial charge is 0.216 e. The molecular weight excluding hydrogens is 380 g/mol. The van der Waals surface area contributed by atoms with Crippen molar-refractivity contribution in [3.8, 4) is 28.5 Å². The van der Waals surface area contributed by atoms with Gasteiger partial charge in [-0.15, -0.1) is 0 Å². The third kappa shape index (κ3) is 2.92. The minimum atomic E-state index is 0.618. The van der Waals surface area contributed by atoms with Crippen molar-refractivity contribution in [3.63, 3.8) is 0 Å². The lowest BCUT2D eigenvalue weighted by atomic mass is 9.96. The van der Waals surface area contributed by atoms with Crippen molar-refractivity contribution in [3.05, 3.63) is 89.1 Å². The summed E-state index contributed by atoms with van der Waals surface area (Å²) in [4.78, 5) is 0. The Kier molecular flexibility index (Phi) is 4.38. The van der Waals surface area contributed by atoms with Gasteiger partial charge in [0, 0.05) is 28.0 Å². The number of pyridine rings is 1. The van der Waals surface area contributed by atoms with Gasteiger partial charge in [-0.25, -0.2) is 4.57 Å². The van der Waals surface area contributed by atoms with Crippen LogP contribution >= 0.6 is 0 Å². The van der Waals surface area contributed by atoms with Crippen LogP contribution in [0.15, 0.2) is 71.3 Å². The predicted octanol–water partition coefficient (Wildman–Crippen LogP) is 6.54. The molecule has 0 saturated carbocycles. The fourth-order valence-corrected chi connectivity index (χ4v) is 4.44. The van der Waals surface area contributed by atoms with Crippen molar-refractivity contribution in [1.29, 1.82) is 5.26 Å². The van der Waals surface area contributed by atoms with Crippen LogP contribution in [0.5, 0.6) is 0 Å². The van der Waals surface area contributed by atoms with Crippen molar-refractivity contribution in [2.75, 3.05) is 0 Å². The Morgan fingerprint density at radius 2 is 1.45 bits per heavy atom. The first kappa shape index (κ1) is 19.1. The summed E-state index contributed by atoms with van der Waals surface area (Å²) in [6, 6.07) is 22.8. The molecule has 0 atom stereocenters. The monoisotopic (exact) mass is 403 g/mol. The second-order valence-electron chi connectivity index (χ2n) is 8.21. The Hall–Kier alpha value is -3.90. The molecule has 0 N–H and O–H groups in total. The van der Waals surface area contributed by atoms with Crippen LogP contribution in [0.2, 0.25) is 0 Å². The summed E-state index contributed by atoms with van der Waals surface area (Å²) in [6.07, 6.45) is 2.16. The molecule has 0 aliphatic carbocycles. The standard InChI is InChI=1S/C28H23N2O/c1-17-10-12-22-23-13-11-21(15-29)26(20-8-6-5-7-9-20)28(23)31-27(22)25(17)24-14-18(2)19(3)16-30(24)4/h5-14,16H,1-4H3/q+1. The molecule has 0 spiro atoms. The summed E-state index contributed by atoms with van der Waals surface area (Å²) >= 11 is 0. The SMILES string of the molecule is Cc1cc(-c2c(C)ccc3c2oc2c(-c4ccccc4)c(C#N)ccc23)[n+](C)cc1C. The van der Waals surface area contributed by atoms with Crippen LogP contribution in [0.1, 0.15) is 22.3 Å². The van der Waals surface area contributed by atoms with E-state index < -0.39 is 0 Å². The summed E-state index contributed by atoms with van der Waals surface area (Å²) in [6.45, 7) is 6.39. The van der Waals surface area contributed by atoms with Crippen molar-refractivity contribution in [1.82, 2.24) is 0 Å². The van der Waals surface area contributed by atoms with Crippen LogP contribution in [0.4, 0.5) is 0 Å². The van der Waals surface area contributed by atoms with Gasteiger partial charge in [0.25, 0.3) is 0 Å². The largest absolute Gasteiger partial charge is 0.454 e. The molecule has 0 saturated heterocycles. The fourth-order valence-electron chi connectivity index (χ4n) is 4.44. The van der Waals surface area contributed by atoms with Gasteiger partial charge >= 0.3 is 0 Å². The molecule has 31 heavy (non-hydrogen) atoms. The van der Waals surface area contributed by atoms with Crippen LogP contribution in [-0.4, -0.2) is 0 Å². The van der Waals surface area contributed by atoms with Gasteiger partial charge in [0.1, 0.15) is 18.2 Å². The Balaban J connectivity index is 1.92. The maximum absolute atomic E-state index is 9.79. The van der Waals surface area contributed by atoms with Crippen molar-refractivity contribution in [2.45, 2.75) is 20.8 Å². The number of furan rings is 1. The molecule has 150 valence electrons. The Labute approximate surface area is 181 Å². The third-order valence-electron chi connectivity index (χ3n) is 6.20. The van der Waals surface area contributed by atoms with Gasteiger partial charge in [-0.05, 0) is 49.6 Å². The van der Waals surface area contributed by atoms with E-state index in [4.69, 9.17) is 4.42 Å². The van der Waals surface area contributed by atoms with Gasteiger partial charge in [0.2, 0.25) is 5.69 Å². The molecule has 0 unspecified atom stereocenters. The van der Waals surface area contributed by atoms with Gasteiger partial charge in [-0.3, -0.25) is 0 Å². The molecule has 3 nitrogen and oxygen atoms in total. The third-order valence-corrected chi connectivity index (χ3v) is 6.20. The average Bonchev–Trinajstić information content (AvgIpc) is 3.15. The fraction of sp³-hybridized carbons (Fsp3) is 0.143. The van der Waals surface area contributed by atoms with Crippen LogP contribution in [0, 0.1) is 32.1 Å². The molecular formula is C28H23N2O+. The minimum Gasteiger partial charge on any atom is -0.454 e. The van der Waals surface area contributed by atoms with Gasteiger partial charge in [-0.1, -0.05) is 42.5 Å². The predicted molar refractivity (Wildman–Crippen MR) is 125 cm³/mol. The lowest BCUT2D eigenvalue weighted by molar-refractivity contribution is -0.660. The normalized spacial score (nSPS) is 11.2. The molecule has 0 fully saturated rings. The molecule has 2 heterocycles. The highest BCUT2D eigenvalue weighted by Crippen LogP contribution is 2.41. The summed E-state index contributed by atoms with van der Waals surface area (Å²) in [7, 11) is 2.08. The van der Waals surface area contributed by atoms with E-state index in [9.17, 15) is 5.26 Å². The zero-order valence-electron chi connectivity index (χ0n) is 18.2. The first-order valence-electron chi connectivity index (χ1n) is 10.4. The van der Waals surface area contributed by atoms with E-state index in [0.717, 1.165) is 49.9 Å². The number of nitriles is 1. The number of aryl methyl sites for hydroxylation is 4. The summed E-state index contributed by atoms with van der Waals surface area (Å²) in [5.41, 5.74) is 9.95. The van der Waals surface area contributed by atoms with Crippen molar-refractivity contribution < 1.29 is 8.98 Å². The summed E-state index contributed by atoms with van der Waals surface area (Å²) < 4.78 is 8.77. The molecule has 0 aliphatic rings. The number of hydrogen-bond acceptors (Lipinski definition) is 2. The number of aromatic nitrogens is 1. The quantitative estimate of drug-likeness (QED) is 0.314. The number of hydrogen-bond donors (Lipinski definition) is 0. The lowest BCUT2D eigenvalue weighted by Crippen LogP contribution is -2.31.